The maximum absolute atomic E-state index is 12.8. The van der Waals surface area contributed by atoms with E-state index in [1.807, 2.05) is 60.7 Å². The van der Waals surface area contributed by atoms with E-state index in [-0.39, 0.29) is 5.56 Å². The molecule has 0 aliphatic rings. The quantitative estimate of drug-likeness (QED) is 0.433. The minimum atomic E-state index is -0.266. The lowest BCUT2D eigenvalue weighted by Gasteiger charge is -2.07. The standard InChI is InChI=1S/C23H15ClN4O/c24-16-5-3-4-15(12-16)21-17-6-1-2-7-19(17)26-22(21)18-13-20(27-28-23(18)29)14-8-10-25-11-9-14/h1-13,26H,(H,28,29). The van der Waals surface area contributed by atoms with Gasteiger partial charge in [0.2, 0.25) is 0 Å². The summed E-state index contributed by atoms with van der Waals surface area (Å²) in [6.45, 7) is 0. The highest BCUT2D eigenvalue weighted by molar-refractivity contribution is 6.31. The smallest absolute Gasteiger partial charge is 0.273 e. The fraction of sp³-hybridized carbons (Fsp3) is 0. The van der Waals surface area contributed by atoms with Crippen molar-refractivity contribution in [1.29, 1.82) is 0 Å². The number of benzene rings is 2. The molecule has 5 nitrogen and oxygen atoms in total. The molecule has 0 atom stereocenters. The van der Waals surface area contributed by atoms with Crippen molar-refractivity contribution >= 4 is 22.5 Å². The second kappa shape index (κ2) is 7.04. The van der Waals surface area contributed by atoms with Crippen molar-refractivity contribution in [2.45, 2.75) is 0 Å². The summed E-state index contributed by atoms with van der Waals surface area (Å²) in [5, 5.41) is 8.49. The molecule has 5 aromatic rings. The van der Waals surface area contributed by atoms with Gasteiger partial charge >= 0.3 is 0 Å². The second-order valence-electron chi connectivity index (χ2n) is 6.66. The van der Waals surface area contributed by atoms with Gasteiger partial charge in [-0.15, -0.1) is 0 Å². The van der Waals surface area contributed by atoms with E-state index in [0.717, 1.165) is 33.3 Å². The van der Waals surface area contributed by atoms with Crippen LogP contribution in [0.25, 0.3) is 44.5 Å². The molecular formula is C23H15ClN4O. The van der Waals surface area contributed by atoms with Crippen molar-refractivity contribution in [3.63, 3.8) is 0 Å². The van der Waals surface area contributed by atoms with Gasteiger partial charge in [-0.05, 0) is 42.0 Å². The summed E-state index contributed by atoms with van der Waals surface area (Å²) >= 11 is 6.25. The van der Waals surface area contributed by atoms with Crippen molar-refractivity contribution in [1.82, 2.24) is 20.2 Å². The van der Waals surface area contributed by atoms with Crippen LogP contribution in [-0.4, -0.2) is 20.2 Å². The normalized spacial score (nSPS) is 11.1. The van der Waals surface area contributed by atoms with E-state index in [1.54, 1.807) is 18.5 Å². The van der Waals surface area contributed by atoms with E-state index in [4.69, 9.17) is 11.6 Å². The van der Waals surface area contributed by atoms with Crippen LogP contribution in [0.2, 0.25) is 5.02 Å². The zero-order chi connectivity index (χ0) is 19.8. The number of hydrogen-bond acceptors (Lipinski definition) is 3. The SMILES string of the molecule is O=c1[nH]nc(-c2ccncc2)cc1-c1[nH]c2ccccc2c1-c1cccc(Cl)c1. The van der Waals surface area contributed by atoms with Gasteiger partial charge in [-0.25, -0.2) is 5.10 Å². The molecule has 0 amide bonds. The highest BCUT2D eigenvalue weighted by Gasteiger charge is 2.18. The molecule has 0 spiro atoms. The number of aromatic amines is 2. The molecule has 140 valence electrons. The predicted octanol–water partition coefficient (Wildman–Crippen LogP) is 5.30. The van der Waals surface area contributed by atoms with Crippen LogP contribution in [0.5, 0.6) is 0 Å². The maximum atomic E-state index is 12.8. The van der Waals surface area contributed by atoms with E-state index in [0.29, 0.717) is 16.3 Å². The molecule has 0 radical (unpaired) electrons. The minimum absolute atomic E-state index is 0.266. The van der Waals surface area contributed by atoms with Crippen LogP contribution in [-0.2, 0) is 0 Å². The third-order valence-corrected chi connectivity index (χ3v) is 5.10. The number of rotatable bonds is 3. The zero-order valence-electron chi connectivity index (χ0n) is 15.2. The number of pyridine rings is 1. The van der Waals surface area contributed by atoms with Gasteiger partial charge in [0.05, 0.1) is 17.0 Å². The Morgan fingerprint density at radius 2 is 1.69 bits per heavy atom. The number of nitrogens with one attached hydrogen (secondary N) is 2. The highest BCUT2D eigenvalue weighted by atomic mass is 35.5. The first-order valence-electron chi connectivity index (χ1n) is 9.08. The summed E-state index contributed by atoms with van der Waals surface area (Å²) < 4.78 is 0. The molecule has 2 aromatic carbocycles. The summed E-state index contributed by atoms with van der Waals surface area (Å²) in [5.41, 5.74) is 5.32. The van der Waals surface area contributed by atoms with Crippen molar-refractivity contribution in [3.05, 3.63) is 94.5 Å². The first-order valence-corrected chi connectivity index (χ1v) is 9.45. The van der Waals surface area contributed by atoms with Crippen molar-refractivity contribution in [2.75, 3.05) is 0 Å². The Morgan fingerprint density at radius 1 is 0.862 bits per heavy atom. The van der Waals surface area contributed by atoms with E-state index in [9.17, 15) is 4.79 Å². The molecule has 0 saturated carbocycles. The number of fused-ring (bicyclic) bond motifs is 1. The van der Waals surface area contributed by atoms with Gasteiger partial charge in [-0.3, -0.25) is 9.78 Å². The maximum Gasteiger partial charge on any atom is 0.273 e. The van der Waals surface area contributed by atoms with Crippen LogP contribution in [0.1, 0.15) is 0 Å². The second-order valence-corrected chi connectivity index (χ2v) is 7.10. The first-order chi connectivity index (χ1) is 14.2. The summed E-state index contributed by atoms with van der Waals surface area (Å²) in [6.07, 6.45) is 3.39. The average Bonchev–Trinajstić information content (AvgIpc) is 3.14. The highest BCUT2D eigenvalue weighted by Crippen LogP contribution is 2.38. The van der Waals surface area contributed by atoms with E-state index in [2.05, 4.69) is 20.2 Å². The molecule has 0 unspecified atom stereocenters. The van der Waals surface area contributed by atoms with E-state index >= 15 is 0 Å². The van der Waals surface area contributed by atoms with Crippen LogP contribution in [0.3, 0.4) is 0 Å². The fourth-order valence-corrected chi connectivity index (χ4v) is 3.74. The molecule has 0 saturated heterocycles. The zero-order valence-corrected chi connectivity index (χ0v) is 15.9. The Labute approximate surface area is 171 Å². The lowest BCUT2D eigenvalue weighted by molar-refractivity contribution is 0.996. The molecule has 0 aliphatic heterocycles. The summed E-state index contributed by atoms with van der Waals surface area (Å²) in [6, 6.07) is 21.1. The van der Waals surface area contributed by atoms with Gasteiger partial charge in [0.15, 0.2) is 0 Å². The number of aromatic nitrogens is 4. The Balaban J connectivity index is 1.80. The van der Waals surface area contributed by atoms with Crippen molar-refractivity contribution < 1.29 is 0 Å². The number of para-hydroxylation sites is 1. The lowest BCUT2D eigenvalue weighted by Crippen LogP contribution is -2.12. The van der Waals surface area contributed by atoms with Crippen molar-refractivity contribution in [2.24, 2.45) is 0 Å². The van der Waals surface area contributed by atoms with Gasteiger partial charge in [-0.1, -0.05) is 41.9 Å². The van der Waals surface area contributed by atoms with E-state index < -0.39 is 0 Å². The molecule has 0 aliphatic carbocycles. The number of H-pyrrole nitrogens is 2. The number of nitrogens with zero attached hydrogens (tertiary/aromatic N) is 2. The molecule has 0 fully saturated rings. The van der Waals surface area contributed by atoms with Gasteiger partial charge in [0.1, 0.15) is 0 Å². The van der Waals surface area contributed by atoms with Crippen molar-refractivity contribution in [3.8, 4) is 33.6 Å². The average molecular weight is 399 g/mol. The molecule has 3 aromatic heterocycles. The molecular weight excluding hydrogens is 384 g/mol. The van der Waals surface area contributed by atoms with Gasteiger partial charge in [0.25, 0.3) is 5.56 Å². The largest absolute Gasteiger partial charge is 0.354 e. The third kappa shape index (κ3) is 3.11. The minimum Gasteiger partial charge on any atom is -0.354 e. The van der Waals surface area contributed by atoms with Crippen LogP contribution in [0.15, 0.2) is 83.9 Å². The summed E-state index contributed by atoms with van der Waals surface area (Å²) in [7, 11) is 0. The van der Waals surface area contributed by atoms with E-state index in [1.165, 1.54) is 0 Å². The number of halogens is 1. The first kappa shape index (κ1) is 17.4. The molecule has 29 heavy (non-hydrogen) atoms. The molecule has 2 N–H and O–H groups in total. The van der Waals surface area contributed by atoms with Gasteiger partial charge in [-0.2, -0.15) is 5.10 Å². The van der Waals surface area contributed by atoms with Crippen LogP contribution < -0.4 is 5.56 Å². The number of hydrogen-bond donors (Lipinski definition) is 2. The molecule has 6 heteroatoms. The lowest BCUT2D eigenvalue weighted by atomic mass is 9.98. The van der Waals surface area contributed by atoms with Gasteiger partial charge < -0.3 is 4.98 Å². The predicted molar refractivity (Wildman–Crippen MR) is 116 cm³/mol. The summed E-state index contributed by atoms with van der Waals surface area (Å²) in [4.78, 5) is 20.2. The Kier molecular flexibility index (Phi) is 4.22. The Hall–Kier alpha value is -3.70. The Bertz CT molecular complexity index is 1390. The Morgan fingerprint density at radius 3 is 2.52 bits per heavy atom. The van der Waals surface area contributed by atoms with Crippen LogP contribution in [0, 0.1) is 0 Å². The third-order valence-electron chi connectivity index (χ3n) is 4.87. The topological polar surface area (TPSA) is 74.4 Å². The van der Waals surface area contributed by atoms with Crippen LogP contribution >= 0.6 is 11.6 Å². The molecule has 0 bridgehead atoms. The van der Waals surface area contributed by atoms with Gasteiger partial charge in [0, 0.05) is 39.4 Å². The molecule has 3 heterocycles. The monoisotopic (exact) mass is 398 g/mol. The fourth-order valence-electron chi connectivity index (χ4n) is 3.55. The summed E-state index contributed by atoms with van der Waals surface area (Å²) in [5.74, 6) is 0. The van der Waals surface area contributed by atoms with Crippen LogP contribution in [0.4, 0.5) is 0 Å². The molecule has 5 rings (SSSR count).